The van der Waals surface area contributed by atoms with Crippen molar-refractivity contribution in [2.75, 3.05) is 25.1 Å². The summed E-state index contributed by atoms with van der Waals surface area (Å²) in [6, 6.07) is -0.286. The number of nitrogens with two attached hydrogens (primary N) is 1. The molecule has 5 heteroatoms. The van der Waals surface area contributed by atoms with Crippen LogP contribution in [0.2, 0.25) is 0 Å². The van der Waals surface area contributed by atoms with E-state index in [0.717, 1.165) is 25.3 Å². The average Bonchev–Trinajstić information content (AvgIpc) is 2.45. The van der Waals surface area contributed by atoms with Crippen LogP contribution in [0.4, 0.5) is 0 Å². The van der Waals surface area contributed by atoms with Gasteiger partial charge >= 0.3 is 0 Å². The fourth-order valence-electron chi connectivity index (χ4n) is 3.71. The maximum absolute atomic E-state index is 12.4. The zero-order valence-electron chi connectivity index (χ0n) is 12.6. The van der Waals surface area contributed by atoms with E-state index in [1.54, 1.807) is 11.8 Å². The molecule has 0 unspecified atom stereocenters. The molecular formula is C15H29ClN2OS. The molecule has 1 saturated carbocycles. The minimum atomic E-state index is -0.286. The molecule has 1 saturated heterocycles. The van der Waals surface area contributed by atoms with E-state index in [4.69, 9.17) is 5.73 Å². The SMILES string of the molecule is CSCC[C@H](N)C(=O)N1CCCC2(CCCCC2)C1.Cl. The zero-order valence-corrected chi connectivity index (χ0v) is 14.2. The van der Waals surface area contributed by atoms with Crippen LogP contribution in [0.5, 0.6) is 0 Å². The number of hydrogen-bond donors (Lipinski definition) is 1. The van der Waals surface area contributed by atoms with Crippen LogP contribution in [-0.2, 0) is 4.79 Å². The highest BCUT2D eigenvalue weighted by Gasteiger charge is 2.38. The molecule has 118 valence electrons. The molecule has 1 aliphatic heterocycles. The summed E-state index contributed by atoms with van der Waals surface area (Å²) in [4.78, 5) is 14.5. The van der Waals surface area contributed by atoms with Crippen LogP contribution in [0.25, 0.3) is 0 Å². The van der Waals surface area contributed by atoms with E-state index < -0.39 is 0 Å². The van der Waals surface area contributed by atoms with Crippen molar-refractivity contribution in [1.82, 2.24) is 4.90 Å². The summed E-state index contributed by atoms with van der Waals surface area (Å²) in [6.45, 7) is 1.90. The fraction of sp³-hybridized carbons (Fsp3) is 0.933. The molecule has 0 bridgehead atoms. The van der Waals surface area contributed by atoms with Crippen LogP contribution in [0.1, 0.15) is 51.4 Å². The highest BCUT2D eigenvalue weighted by atomic mass is 35.5. The summed E-state index contributed by atoms with van der Waals surface area (Å²) in [7, 11) is 0. The third-order valence-electron chi connectivity index (χ3n) is 4.84. The van der Waals surface area contributed by atoms with Crippen LogP contribution >= 0.6 is 24.2 Å². The van der Waals surface area contributed by atoms with E-state index in [1.807, 2.05) is 0 Å². The molecule has 2 rings (SSSR count). The number of carbonyl (C=O) groups is 1. The van der Waals surface area contributed by atoms with Crippen molar-refractivity contribution >= 4 is 30.1 Å². The Balaban J connectivity index is 0.00000200. The van der Waals surface area contributed by atoms with Crippen molar-refractivity contribution in [3.05, 3.63) is 0 Å². The van der Waals surface area contributed by atoms with Gasteiger partial charge in [-0.15, -0.1) is 12.4 Å². The molecule has 0 aromatic heterocycles. The van der Waals surface area contributed by atoms with Gasteiger partial charge in [-0.3, -0.25) is 4.79 Å². The quantitative estimate of drug-likeness (QED) is 0.866. The standard InChI is InChI=1S/C15H28N2OS.ClH/c1-19-11-6-13(16)14(18)17-10-5-9-15(12-17)7-3-2-4-8-15;/h13H,2-12,16H2,1H3;1H/t13-;/m0./s1. The van der Waals surface area contributed by atoms with Gasteiger partial charge in [0.25, 0.3) is 0 Å². The Labute approximate surface area is 133 Å². The summed E-state index contributed by atoms with van der Waals surface area (Å²) in [5.74, 6) is 1.17. The molecule has 0 aromatic carbocycles. The Morgan fingerprint density at radius 1 is 1.25 bits per heavy atom. The molecule has 2 N–H and O–H groups in total. The summed E-state index contributed by atoms with van der Waals surface area (Å²) in [6.07, 6.45) is 12.1. The lowest BCUT2D eigenvalue weighted by Crippen LogP contribution is -2.52. The lowest BCUT2D eigenvalue weighted by atomic mass is 9.69. The van der Waals surface area contributed by atoms with Gasteiger partial charge in [-0.25, -0.2) is 0 Å². The van der Waals surface area contributed by atoms with Crippen molar-refractivity contribution < 1.29 is 4.79 Å². The van der Waals surface area contributed by atoms with E-state index in [2.05, 4.69) is 11.2 Å². The summed E-state index contributed by atoms with van der Waals surface area (Å²) in [5, 5.41) is 0. The molecule has 0 radical (unpaired) electrons. The first-order valence-electron chi connectivity index (χ1n) is 7.70. The van der Waals surface area contributed by atoms with Crippen molar-refractivity contribution in [3.8, 4) is 0 Å². The minimum absolute atomic E-state index is 0. The highest BCUT2D eigenvalue weighted by Crippen LogP contribution is 2.43. The van der Waals surface area contributed by atoms with Crippen LogP contribution in [-0.4, -0.2) is 41.9 Å². The Bertz CT molecular complexity index is 303. The average molecular weight is 321 g/mol. The molecule has 1 aliphatic carbocycles. The van der Waals surface area contributed by atoms with Crippen molar-refractivity contribution in [3.63, 3.8) is 0 Å². The predicted molar refractivity (Wildman–Crippen MR) is 89.6 cm³/mol. The number of hydrogen-bond acceptors (Lipinski definition) is 3. The smallest absolute Gasteiger partial charge is 0.239 e. The number of halogens is 1. The molecule has 20 heavy (non-hydrogen) atoms. The normalized spacial score (nSPS) is 23.2. The van der Waals surface area contributed by atoms with E-state index in [1.165, 1.54) is 44.9 Å². The van der Waals surface area contributed by atoms with Gasteiger partial charge in [0.1, 0.15) is 0 Å². The second-order valence-corrected chi connectivity index (χ2v) is 7.30. The van der Waals surface area contributed by atoms with E-state index >= 15 is 0 Å². The lowest BCUT2D eigenvalue weighted by Gasteiger charge is -2.45. The van der Waals surface area contributed by atoms with Crippen molar-refractivity contribution in [2.45, 2.75) is 57.4 Å². The predicted octanol–water partition coefficient (Wildman–Crippen LogP) is 3.06. The Hall–Kier alpha value is 0.0700. The number of thioether (sulfide) groups is 1. The largest absolute Gasteiger partial charge is 0.341 e. The van der Waals surface area contributed by atoms with Crippen LogP contribution in [0.3, 0.4) is 0 Å². The lowest BCUT2D eigenvalue weighted by molar-refractivity contribution is -0.136. The molecule has 2 fully saturated rings. The molecule has 1 atom stereocenters. The van der Waals surface area contributed by atoms with Crippen LogP contribution in [0.15, 0.2) is 0 Å². The second kappa shape index (κ2) is 8.50. The van der Waals surface area contributed by atoms with Crippen LogP contribution < -0.4 is 5.73 Å². The van der Waals surface area contributed by atoms with Gasteiger partial charge < -0.3 is 10.6 Å². The van der Waals surface area contributed by atoms with Gasteiger partial charge in [0.05, 0.1) is 6.04 Å². The Morgan fingerprint density at radius 3 is 2.55 bits per heavy atom. The number of piperidine rings is 1. The molecule has 0 aromatic rings. The maximum atomic E-state index is 12.4. The van der Waals surface area contributed by atoms with E-state index in [0.29, 0.717) is 5.41 Å². The van der Waals surface area contributed by atoms with E-state index in [-0.39, 0.29) is 24.4 Å². The number of carbonyl (C=O) groups excluding carboxylic acids is 1. The van der Waals surface area contributed by atoms with Gasteiger partial charge in [0.2, 0.25) is 5.91 Å². The summed E-state index contributed by atoms with van der Waals surface area (Å²) in [5.41, 5.74) is 6.48. The van der Waals surface area contributed by atoms with Crippen molar-refractivity contribution in [1.29, 1.82) is 0 Å². The Kier molecular flexibility index (Phi) is 7.70. The first-order chi connectivity index (χ1) is 9.17. The van der Waals surface area contributed by atoms with Gasteiger partial charge in [-0.1, -0.05) is 19.3 Å². The molecule has 3 nitrogen and oxygen atoms in total. The highest BCUT2D eigenvalue weighted by molar-refractivity contribution is 7.98. The molecule has 1 spiro atoms. The maximum Gasteiger partial charge on any atom is 0.239 e. The van der Waals surface area contributed by atoms with Gasteiger partial charge in [0.15, 0.2) is 0 Å². The number of amides is 1. The van der Waals surface area contributed by atoms with Crippen molar-refractivity contribution in [2.24, 2.45) is 11.1 Å². The molecule has 1 heterocycles. The summed E-state index contributed by atoms with van der Waals surface area (Å²) < 4.78 is 0. The first kappa shape index (κ1) is 18.1. The van der Waals surface area contributed by atoms with E-state index in [9.17, 15) is 4.79 Å². The van der Waals surface area contributed by atoms with Gasteiger partial charge in [-0.2, -0.15) is 11.8 Å². The monoisotopic (exact) mass is 320 g/mol. The third kappa shape index (κ3) is 4.54. The number of rotatable bonds is 4. The fourth-order valence-corrected chi connectivity index (χ4v) is 4.20. The topological polar surface area (TPSA) is 46.3 Å². The number of nitrogens with zero attached hydrogens (tertiary/aromatic N) is 1. The number of likely N-dealkylation sites (tertiary alicyclic amines) is 1. The van der Waals surface area contributed by atoms with Crippen LogP contribution in [0, 0.1) is 5.41 Å². The molecular weight excluding hydrogens is 292 g/mol. The van der Waals surface area contributed by atoms with Gasteiger partial charge in [-0.05, 0) is 49.5 Å². The minimum Gasteiger partial charge on any atom is -0.341 e. The zero-order chi connectivity index (χ0) is 13.7. The molecule has 2 aliphatic rings. The second-order valence-electron chi connectivity index (χ2n) is 6.31. The Morgan fingerprint density at radius 2 is 1.90 bits per heavy atom. The third-order valence-corrected chi connectivity index (χ3v) is 5.48. The first-order valence-corrected chi connectivity index (χ1v) is 9.10. The molecule has 1 amide bonds. The summed E-state index contributed by atoms with van der Waals surface area (Å²) >= 11 is 1.76. The van der Waals surface area contributed by atoms with Gasteiger partial charge in [0, 0.05) is 13.1 Å².